The average Bonchev–Trinajstić information content (AvgIpc) is 3.18. The van der Waals surface area contributed by atoms with Crippen molar-refractivity contribution in [2.75, 3.05) is 18.5 Å². The van der Waals surface area contributed by atoms with Gasteiger partial charge in [0.15, 0.2) is 12.3 Å². The molecule has 0 radical (unpaired) electrons. The lowest BCUT2D eigenvalue weighted by Crippen LogP contribution is -2.29. The number of hydrogen-bond donors (Lipinski definition) is 2. The van der Waals surface area contributed by atoms with Gasteiger partial charge in [-0.1, -0.05) is 44.2 Å². The van der Waals surface area contributed by atoms with Crippen molar-refractivity contribution < 1.29 is 19.1 Å². The van der Waals surface area contributed by atoms with Crippen LogP contribution in [-0.4, -0.2) is 45.9 Å². The smallest absolute Gasteiger partial charge is 0.361 e. The highest BCUT2D eigenvalue weighted by Crippen LogP contribution is 2.15. The number of hydrogen-bond acceptors (Lipinski definition) is 6. The lowest BCUT2D eigenvalue weighted by atomic mass is 10.1. The standard InChI is InChI=1S/C23H25N5O4/c1-15(2)13-24-22(30)18-11-7-8-12-19(18)25-20(29)14-32-23(31)21-16(3)26-28(27-21)17-9-5-4-6-10-17/h4-12,15H,13-14H2,1-3H3,(H,24,30)(H,25,29). The van der Waals surface area contributed by atoms with Crippen LogP contribution in [0.5, 0.6) is 0 Å². The predicted molar refractivity (Wildman–Crippen MR) is 119 cm³/mol. The zero-order valence-electron chi connectivity index (χ0n) is 18.2. The third-order valence-corrected chi connectivity index (χ3v) is 4.41. The Morgan fingerprint density at radius 3 is 2.41 bits per heavy atom. The minimum atomic E-state index is -0.761. The lowest BCUT2D eigenvalue weighted by molar-refractivity contribution is -0.119. The number of benzene rings is 2. The van der Waals surface area contributed by atoms with Gasteiger partial charge in [0.1, 0.15) is 0 Å². The quantitative estimate of drug-likeness (QED) is 0.526. The number of carbonyl (C=O) groups excluding carboxylic acids is 3. The highest BCUT2D eigenvalue weighted by molar-refractivity contribution is 6.04. The summed E-state index contributed by atoms with van der Waals surface area (Å²) in [5.41, 5.74) is 1.76. The molecule has 1 aromatic heterocycles. The first-order valence-corrected chi connectivity index (χ1v) is 10.2. The topological polar surface area (TPSA) is 115 Å². The van der Waals surface area contributed by atoms with E-state index in [-0.39, 0.29) is 11.6 Å². The van der Waals surface area contributed by atoms with Gasteiger partial charge in [-0.3, -0.25) is 9.59 Å². The fourth-order valence-electron chi connectivity index (χ4n) is 2.81. The Morgan fingerprint density at radius 1 is 1.00 bits per heavy atom. The zero-order valence-corrected chi connectivity index (χ0v) is 18.2. The van der Waals surface area contributed by atoms with E-state index in [9.17, 15) is 14.4 Å². The number of esters is 1. The van der Waals surface area contributed by atoms with E-state index < -0.39 is 18.5 Å². The van der Waals surface area contributed by atoms with Crippen molar-refractivity contribution in [1.82, 2.24) is 20.3 Å². The average molecular weight is 435 g/mol. The summed E-state index contributed by atoms with van der Waals surface area (Å²) < 4.78 is 5.10. The Hall–Kier alpha value is -4.01. The van der Waals surface area contributed by atoms with Crippen molar-refractivity contribution in [2.45, 2.75) is 20.8 Å². The van der Waals surface area contributed by atoms with Gasteiger partial charge >= 0.3 is 5.97 Å². The second-order valence-electron chi connectivity index (χ2n) is 7.53. The van der Waals surface area contributed by atoms with Gasteiger partial charge < -0.3 is 15.4 Å². The van der Waals surface area contributed by atoms with Crippen molar-refractivity contribution in [3.63, 3.8) is 0 Å². The van der Waals surface area contributed by atoms with E-state index in [2.05, 4.69) is 20.8 Å². The molecular weight excluding hydrogens is 410 g/mol. The van der Waals surface area contributed by atoms with Crippen LogP contribution in [0.4, 0.5) is 5.69 Å². The van der Waals surface area contributed by atoms with E-state index >= 15 is 0 Å². The molecule has 2 amide bonds. The predicted octanol–water partition coefficient (Wildman–Crippen LogP) is 2.76. The van der Waals surface area contributed by atoms with Crippen molar-refractivity contribution in [3.05, 3.63) is 71.5 Å². The number of para-hydroxylation sites is 2. The Kier molecular flexibility index (Phi) is 7.33. The second kappa shape index (κ2) is 10.3. The first-order chi connectivity index (χ1) is 15.3. The maximum absolute atomic E-state index is 12.4. The van der Waals surface area contributed by atoms with Gasteiger partial charge in [0, 0.05) is 6.54 Å². The summed E-state index contributed by atoms with van der Waals surface area (Å²) in [4.78, 5) is 38.5. The molecule has 9 heteroatoms. The fourth-order valence-corrected chi connectivity index (χ4v) is 2.81. The van der Waals surface area contributed by atoms with Crippen LogP contribution in [0.25, 0.3) is 5.69 Å². The normalized spacial score (nSPS) is 10.6. The molecule has 32 heavy (non-hydrogen) atoms. The minimum Gasteiger partial charge on any atom is -0.451 e. The van der Waals surface area contributed by atoms with E-state index in [1.807, 2.05) is 32.0 Å². The Morgan fingerprint density at radius 2 is 1.69 bits per heavy atom. The first-order valence-electron chi connectivity index (χ1n) is 10.2. The van der Waals surface area contributed by atoms with E-state index in [1.54, 1.807) is 43.3 Å². The van der Waals surface area contributed by atoms with Gasteiger partial charge in [0.2, 0.25) is 0 Å². The Labute approximate surface area is 185 Å². The van der Waals surface area contributed by atoms with E-state index in [0.717, 1.165) is 0 Å². The lowest BCUT2D eigenvalue weighted by Gasteiger charge is -2.12. The number of aromatic nitrogens is 3. The van der Waals surface area contributed by atoms with Gasteiger partial charge in [-0.05, 0) is 37.1 Å². The van der Waals surface area contributed by atoms with E-state index in [1.165, 1.54) is 4.80 Å². The van der Waals surface area contributed by atoms with E-state index in [4.69, 9.17) is 4.74 Å². The van der Waals surface area contributed by atoms with Crippen LogP contribution in [0.2, 0.25) is 0 Å². The summed E-state index contributed by atoms with van der Waals surface area (Å²) >= 11 is 0. The molecule has 1 heterocycles. The summed E-state index contributed by atoms with van der Waals surface area (Å²) in [6, 6.07) is 15.8. The molecule has 0 unspecified atom stereocenters. The molecule has 2 aromatic carbocycles. The molecule has 0 aliphatic heterocycles. The molecule has 2 N–H and O–H groups in total. The van der Waals surface area contributed by atoms with Crippen molar-refractivity contribution in [1.29, 1.82) is 0 Å². The highest BCUT2D eigenvalue weighted by Gasteiger charge is 2.20. The second-order valence-corrected chi connectivity index (χ2v) is 7.53. The third-order valence-electron chi connectivity index (χ3n) is 4.41. The number of amides is 2. The third kappa shape index (κ3) is 5.78. The molecule has 3 aromatic rings. The number of nitrogens with zero attached hydrogens (tertiary/aromatic N) is 3. The summed E-state index contributed by atoms with van der Waals surface area (Å²) in [5.74, 6) is -1.33. The molecule has 0 atom stereocenters. The summed E-state index contributed by atoms with van der Waals surface area (Å²) in [5, 5.41) is 13.8. The van der Waals surface area contributed by atoms with Crippen LogP contribution in [0.3, 0.4) is 0 Å². The van der Waals surface area contributed by atoms with Crippen LogP contribution < -0.4 is 10.6 Å². The highest BCUT2D eigenvalue weighted by atomic mass is 16.5. The van der Waals surface area contributed by atoms with Gasteiger partial charge in [0.05, 0.1) is 22.6 Å². The molecule has 3 rings (SSSR count). The monoisotopic (exact) mass is 435 g/mol. The molecule has 0 saturated carbocycles. The molecular formula is C23H25N5O4. The Bertz CT molecular complexity index is 1110. The maximum atomic E-state index is 12.4. The van der Waals surface area contributed by atoms with Crippen molar-refractivity contribution >= 4 is 23.5 Å². The van der Waals surface area contributed by atoms with Crippen molar-refractivity contribution in [3.8, 4) is 5.69 Å². The number of nitrogens with one attached hydrogen (secondary N) is 2. The first kappa shape index (κ1) is 22.7. The van der Waals surface area contributed by atoms with Crippen LogP contribution in [-0.2, 0) is 9.53 Å². The minimum absolute atomic E-state index is 0.0233. The molecule has 9 nitrogen and oxygen atoms in total. The summed E-state index contributed by atoms with van der Waals surface area (Å²) in [7, 11) is 0. The molecule has 0 aliphatic carbocycles. The SMILES string of the molecule is Cc1nn(-c2ccccc2)nc1C(=O)OCC(=O)Nc1ccccc1C(=O)NCC(C)C. The summed E-state index contributed by atoms with van der Waals surface area (Å²) in [6.45, 7) is 5.60. The maximum Gasteiger partial charge on any atom is 0.361 e. The number of ether oxygens (including phenoxy) is 1. The molecule has 0 spiro atoms. The van der Waals surface area contributed by atoms with Crippen LogP contribution >= 0.6 is 0 Å². The molecule has 166 valence electrons. The molecule has 0 aliphatic rings. The van der Waals surface area contributed by atoms with Crippen LogP contribution in [0, 0.1) is 12.8 Å². The molecule has 0 bridgehead atoms. The Balaban J connectivity index is 1.61. The van der Waals surface area contributed by atoms with Gasteiger partial charge in [-0.2, -0.15) is 9.90 Å². The van der Waals surface area contributed by atoms with Crippen molar-refractivity contribution in [2.24, 2.45) is 5.92 Å². The molecule has 0 fully saturated rings. The zero-order chi connectivity index (χ0) is 23.1. The van der Waals surface area contributed by atoms with Gasteiger partial charge in [0.25, 0.3) is 11.8 Å². The number of rotatable bonds is 8. The number of anilines is 1. The number of carbonyl (C=O) groups is 3. The largest absolute Gasteiger partial charge is 0.451 e. The molecule has 0 saturated heterocycles. The van der Waals surface area contributed by atoms with Gasteiger partial charge in [-0.25, -0.2) is 4.79 Å². The summed E-state index contributed by atoms with van der Waals surface area (Å²) in [6.07, 6.45) is 0. The van der Waals surface area contributed by atoms with Crippen LogP contribution in [0.15, 0.2) is 54.6 Å². The van der Waals surface area contributed by atoms with Crippen LogP contribution in [0.1, 0.15) is 40.4 Å². The van der Waals surface area contributed by atoms with Gasteiger partial charge in [-0.15, -0.1) is 5.10 Å². The van der Waals surface area contributed by atoms with E-state index in [0.29, 0.717) is 35.1 Å². The number of aryl methyl sites for hydroxylation is 1. The fraction of sp³-hybridized carbons (Fsp3) is 0.261.